The lowest BCUT2D eigenvalue weighted by Crippen LogP contribution is -2.36. The van der Waals surface area contributed by atoms with Crippen LogP contribution >= 0.6 is 0 Å². The molecule has 2 aliphatic heterocycles. The summed E-state index contributed by atoms with van der Waals surface area (Å²) in [6, 6.07) is 8.03. The highest BCUT2D eigenvalue weighted by atomic mass is 16.2. The van der Waals surface area contributed by atoms with E-state index in [1.165, 1.54) is 23.9 Å². The number of hydrogen-bond donors (Lipinski definition) is 1. The number of hydrogen-bond acceptors (Lipinski definition) is 5. The van der Waals surface area contributed by atoms with Gasteiger partial charge < -0.3 is 14.8 Å². The van der Waals surface area contributed by atoms with Gasteiger partial charge in [-0.25, -0.2) is 0 Å². The van der Waals surface area contributed by atoms with Crippen molar-refractivity contribution in [3.63, 3.8) is 0 Å². The van der Waals surface area contributed by atoms with Crippen LogP contribution in [0.15, 0.2) is 41.3 Å². The zero-order valence-electron chi connectivity index (χ0n) is 18.5. The Labute approximate surface area is 191 Å². The summed E-state index contributed by atoms with van der Waals surface area (Å²) < 4.78 is 1.28. The van der Waals surface area contributed by atoms with Crippen LogP contribution in [0.5, 0.6) is 0 Å². The van der Waals surface area contributed by atoms with Gasteiger partial charge >= 0.3 is 0 Å². The van der Waals surface area contributed by atoms with Gasteiger partial charge in [-0.2, -0.15) is 0 Å². The van der Waals surface area contributed by atoms with Gasteiger partial charge in [-0.15, -0.1) is 0 Å². The Bertz CT molecular complexity index is 1140. The third kappa shape index (κ3) is 4.57. The number of nitrogens with one attached hydrogen (secondary N) is 1. The molecule has 1 fully saturated rings. The number of carbonyl (C=O) groups excluding carboxylic acids is 4. The number of likely N-dealkylation sites (tertiary alicyclic amines) is 1. The number of piperidine rings is 1. The number of benzene rings is 1. The number of amides is 4. The van der Waals surface area contributed by atoms with Crippen LogP contribution in [0.2, 0.25) is 0 Å². The molecule has 0 radical (unpaired) electrons. The van der Waals surface area contributed by atoms with Crippen molar-refractivity contribution in [1.82, 2.24) is 14.4 Å². The predicted molar refractivity (Wildman–Crippen MR) is 121 cm³/mol. The molecule has 9 nitrogen and oxygen atoms in total. The first-order valence-electron chi connectivity index (χ1n) is 11.1. The van der Waals surface area contributed by atoms with Crippen LogP contribution in [0, 0.1) is 0 Å². The quantitative estimate of drug-likeness (QED) is 0.678. The lowest BCUT2D eigenvalue weighted by atomic mass is 10.1. The summed E-state index contributed by atoms with van der Waals surface area (Å²) >= 11 is 0. The van der Waals surface area contributed by atoms with Crippen LogP contribution in [-0.4, -0.2) is 57.6 Å². The molecular formula is C24H26N4O5. The lowest BCUT2D eigenvalue weighted by molar-refractivity contribution is -0.116. The molecule has 1 aromatic heterocycles. The van der Waals surface area contributed by atoms with Gasteiger partial charge in [-0.1, -0.05) is 12.1 Å². The number of anilines is 1. The maximum atomic E-state index is 12.8. The smallest absolute Gasteiger partial charge is 0.274 e. The fourth-order valence-corrected chi connectivity index (χ4v) is 4.25. The minimum atomic E-state index is -0.425. The van der Waals surface area contributed by atoms with Gasteiger partial charge in [0.05, 0.1) is 16.7 Å². The van der Waals surface area contributed by atoms with Crippen LogP contribution < -0.4 is 10.9 Å². The van der Waals surface area contributed by atoms with Crippen LogP contribution in [0.1, 0.15) is 63.2 Å². The first-order chi connectivity index (χ1) is 15.9. The summed E-state index contributed by atoms with van der Waals surface area (Å²) in [6.07, 6.45) is 4.75. The highest BCUT2D eigenvalue weighted by Crippen LogP contribution is 2.22. The molecule has 0 saturated carbocycles. The fourth-order valence-electron chi connectivity index (χ4n) is 4.25. The van der Waals surface area contributed by atoms with Crippen molar-refractivity contribution in [2.45, 2.75) is 32.1 Å². The molecule has 4 amide bonds. The van der Waals surface area contributed by atoms with E-state index in [0.717, 1.165) is 24.2 Å². The SMILES string of the molecule is Cn1cc(C(=O)N2CCCCC2)cc(NC(=O)CCCN2C(=O)c3ccccc3C2=O)c1=O. The van der Waals surface area contributed by atoms with Crippen molar-refractivity contribution in [1.29, 1.82) is 0 Å². The van der Waals surface area contributed by atoms with E-state index in [0.29, 0.717) is 29.8 Å². The molecule has 0 spiro atoms. The van der Waals surface area contributed by atoms with Crippen molar-refractivity contribution in [3.05, 3.63) is 63.6 Å². The molecule has 3 heterocycles. The van der Waals surface area contributed by atoms with Crippen molar-refractivity contribution in [2.24, 2.45) is 7.05 Å². The second kappa shape index (κ2) is 9.40. The zero-order chi connectivity index (χ0) is 23.5. The van der Waals surface area contributed by atoms with Gasteiger partial charge in [-0.05, 0) is 43.9 Å². The molecular weight excluding hydrogens is 424 g/mol. The third-order valence-electron chi connectivity index (χ3n) is 6.01. The maximum absolute atomic E-state index is 12.8. The van der Waals surface area contributed by atoms with E-state index in [2.05, 4.69) is 5.32 Å². The number of imide groups is 1. The van der Waals surface area contributed by atoms with Crippen molar-refractivity contribution in [2.75, 3.05) is 25.0 Å². The lowest BCUT2D eigenvalue weighted by Gasteiger charge is -2.27. The molecule has 0 aliphatic carbocycles. The second-order valence-corrected chi connectivity index (χ2v) is 8.37. The van der Waals surface area contributed by atoms with Gasteiger partial charge in [0, 0.05) is 39.3 Å². The Balaban J connectivity index is 1.37. The predicted octanol–water partition coefficient (Wildman–Crippen LogP) is 2.03. The molecule has 9 heteroatoms. The summed E-state index contributed by atoms with van der Waals surface area (Å²) in [5.74, 6) is -1.32. The number of aromatic nitrogens is 1. The first kappa shape index (κ1) is 22.4. The van der Waals surface area contributed by atoms with E-state index in [1.807, 2.05) is 0 Å². The van der Waals surface area contributed by atoms with Crippen LogP contribution in [0.3, 0.4) is 0 Å². The Morgan fingerprint density at radius 2 is 1.61 bits per heavy atom. The maximum Gasteiger partial charge on any atom is 0.274 e. The molecule has 2 aromatic rings. The molecule has 2 aliphatic rings. The number of fused-ring (bicyclic) bond motifs is 1. The Hall–Kier alpha value is -3.75. The van der Waals surface area contributed by atoms with Gasteiger partial charge in [0.1, 0.15) is 5.69 Å². The van der Waals surface area contributed by atoms with E-state index in [9.17, 15) is 24.0 Å². The van der Waals surface area contributed by atoms with Gasteiger partial charge in [0.25, 0.3) is 23.3 Å². The molecule has 33 heavy (non-hydrogen) atoms. The Kier molecular flexibility index (Phi) is 6.39. The normalized spacial score (nSPS) is 15.5. The highest BCUT2D eigenvalue weighted by Gasteiger charge is 2.34. The van der Waals surface area contributed by atoms with E-state index < -0.39 is 11.5 Å². The summed E-state index contributed by atoms with van der Waals surface area (Å²) in [7, 11) is 1.53. The van der Waals surface area contributed by atoms with E-state index >= 15 is 0 Å². The van der Waals surface area contributed by atoms with Gasteiger partial charge in [0.2, 0.25) is 5.91 Å². The molecule has 4 rings (SSSR count). The highest BCUT2D eigenvalue weighted by molar-refractivity contribution is 6.21. The number of pyridine rings is 1. The minimum absolute atomic E-state index is 0.0147. The Morgan fingerprint density at radius 1 is 0.970 bits per heavy atom. The van der Waals surface area contributed by atoms with E-state index in [-0.39, 0.29) is 42.8 Å². The van der Waals surface area contributed by atoms with Gasteiger partial charge in [0.15, 0.2) is 0 Å². The average molecular weight is 450 g/mol. The number of rotatable bonds is 6. The zero-order valence-corrected chi connectivity index (χ0v) is 18.5. The fraction of sp³-hybridized carbons (Fsp3) is 0.375. The summed E-state index contributed by atoms with van der Waals surface area (Å²) in [6.45, 7) is 1.47. The molecule has 0 unspecified atom stereocenters. The van der Waals surface area contributed by atoms with Crippen molar-refractivity contribution >= 4 is 29.3 Å². The molecule has 0 atom stereocenters. The summed E-state index contributed by atoms with van der Waals surface area (Å²) in [4.78, 5) is 65.5. The summed E-state index contributed by atoms with van der Waals surface area (Å²) in [5, 5.41) is 2.58. The number of carbonyl (C=O) groups is 4. The second-order valence-electron chi connectivity index (χ2n) is 8.37. The molecule has 1 saturated heterocycles. The summed E-state index contributed by atoms with van der Waals surface area (Å²) in [5.41, 5.74) is 0.696. The monoisotopic (exact) mass is 450 g/mol. The average Bonchev–Trinajstić information content (AvgIpc) is 3.07. The van der Waals surface area contributed by atoms with Crippen molar-refractivity contribution < 1.29 is 19.2 Å². The number of aryl methyl sites for hydroxylation is 1. The molecule has 0 bridgehead atoms. The number of nitrogens with zero attached hydrogens (tertiary/aromatic N) is 3. The molecule has 1 aromatic carbocycles. The topological polar surface area (TPSA) is 109 Å². The first-order valence-corrected chi connectivity index (χ1v) is 11.1. The standard InChI is InChI=1S/C24H26N4O5/c1-26-15-16(21(30)27-11-5-2-6-12-27)14-19(24(26)33)25-20(29)10-7-13-28-22(31)17-8-3-4-9-18(17)23(28)32/h3-4,8-9,14-15H,2,5-7,10-13H2,1H3,(H,25,29). The van der Waals surface area contributed by atoms with Crippen LogP contribution in [0.25, 0.3) is 0 Å². The third-order valence-corrected chi connectivity index (χ3v) is 6.01. The molecule has 172 valence electrons. The van der Waals surface area contributed by atoms with Gasteiger partial charge in [-0.3, -0.25) is 28.9 Å². The van der Waals surface area contributed by atoms with Crippen LogP contribution in [0.4, 0.5) is 5.69 Å². The molecule has 1 N–H and O–H groups in total. The largest absolute Gasteiger partial charge is 0.339 e. The van der Waals surface area contributed by atoms with Crippen molar-refractivity contribution in [3.8, 4) is 0 Å². The Morgan fingerprint density at radius 3 is 2.24 bits per heavy atom. The van der Waals surface area contributed by atoms with Crippen LogP contribution in [-0.2, 0) is 11.8 Å². The van der Waals surface area contributed by atoms with E-state index in [1.54, 1.807) is 29.2 Å². The minimum Gasteiger partial charge on any atom is -0.339 e. The van der Waals surface area contributed by atoms with E-state index in [4.69, 9.17) is 0 Å².